The molecular formula is C50H46N2O6. The first kappa shape index (κ1) is 37.3. The van der Waals surface area contributed by atoms with E-state index in [4.69, 9.17) is 9.47 Å². The Hall–Kier alpha value is -6.28. The van der Waals surface area contributed by atoms with Gasteiger partial charge >= 0.3 is 0 Å². The summed E-state index contributed by atoms with van der Waals surface area (Å²) in [5.74, 6) is 0.561. The number of rotatable bonds is 8. The molecule has 2 aliphatic rings. The van der Waals surface area contributed by atoms with Gasteiger partial charge in [0.2, 0.25) is 0 Å². The topological polar surface area (TPSA) is 93.2 Å². The molecule has 0 aliphatic carbocycles. The molecule has 0 unspecified atom stereocenters. The second-order valence-electron chi connectivity index (χ2n) is 17.7. The van der Waals surface area contributed by atoms with E-state index in [-0.39, 0.29) is 47.5 Å². The SMILES string of the molecule is CCCN1C(=O)c2ccc3c4c(Oc5ccc(C(C)(C)C)cc5)cc5c6c(ccc(c7c(Oc8ccc(C(C)(C)C)cc8)cc(c2c37)C1=O)c64)C(=O)N(CCC)C5=O. The molecule has 7 aromatic rings. The van der Waals surface area contributed by atoms with Crippen LogP contribution < -0.4 is 9.47 Å². The summed E-state index contributed by atoms with van der Waals surface area (Å²) < 4.78 is 13.6. The second kappa shape index (κ2) is 13.1. The predicted octanol–water partition coefficient (Wildman–Crippen LogP) is 11.9. The van der Waals surface area contributed by atoms with Crippen LogP contribution >= 0.6 is 0 Å². The number of imide groups is 2. The summed E-state index contributed by atoms with van der Waals surface area (Å²) in [6, 6.07) is 26.8. The second-order valence-corrected chi connectivity index (χ2v) is 17.7. The third-order valence-corrected chi connectivity index (χ3v) is 11.7. The Morgan fingerprint density at radius 3 is 1.10 bits per heavy atom. The zero-order valence-corrected chi connectivity index (χ0v) is 34.3. The van der Waals surface area contributed by atoms with Crippen molar-refractivity contribution in [1.29, 1.82) is 0 Å². The van der Waals surface area contributed by atoms with Gasteiger partial charge in [-0.3, -0.25) is 29.0 Å². The molecule has 2 heterocycles. The molecule has 2 aliphatic heterocycles. The van der Waals surface area contributed by atoms with Crippen molar-refractivity contribution in [2.24, 2.45) is 0 Å². The van der Waals surface area contributed by atoms with Crippen LogP contribution in [0.1, 0.15) is 121 Å². The molecule has 0 spiro atoms. The Balaban J connectivity index is 1.41. The molecule has 0 bridgehead atoms. The Kier molecular flexibility index (Phi) is 8.45. The lowest BCUT2D eigenvalue weighted by molar-refractivity contribution is 0.0595. The van der Waals surface area contributed by atoms with Crippen molar-refractivity contribution in [1.82, 2.24) is 9.80 Å². The summed E-state index contributed by atoms with van der Waals surface area (Å²) in [5, 5.41) is 5.22. The van der Waals surface area contributed by atoms with Crippen LogP contribution in [-0.2, 0) is 10.8 Å². The van der Waals surface area contributed by atoms with Gasteiger partial charge < -0.3 is 9.47 Å². The number of benzene rings is 7. The molecule has 9 rings (SSSR count). The minimum absolute atomic E-state index is 0.0691. The fraction of sp³-hybridized carbons (Fsp3) is 0.280. The summed E-state index contributed by atoms with van der Waals surface area (Å²) in [7, 11) is 0. The van der Waals surface area contributed by atoms with E-state index in [0.29, 0.717) is 101 Å². The molecule has 8 nitrogen and oxygen atoms in total. The first-order valence-electron chi connectivity index (χ1n) is 20.2. The van der Waals surface area contributed by atoms with Crippen molar-refractivity contribution in [3.63, 3.8) is 0 Å². The zero-order valence-electron chi connectivity index (χ0n) is 34.3. The molecule has 4 amide bonds. The average molecular weight is 771 g/mol. The van der Waals surface area contributed by atoms with Crippen LogP contribution in [0.25, 0.3) is 43.1 Å². The minimum Gasteiger partial charge on any atom is -0.457 e. The van der Waals surface area contributed by atoms with Crippen molar-refractivity contribution in [2.75, 3.05) is 13.1 Å². The van der Waals surface area contributed by atoms with Crippen molar-refractivity contribution in [3.8, 4) is 23.0 Å². The number of carbonyl (C=O) groups excluding carboxylic acids is 4. The number of nitrogens with zero attached hydrogens (tertiary/aromatic N) is 2. The summed E-state index contributed by atoms with van der Waals surface area (Å²) in [6.45, 7) is 17.4. The van der Waals surface area contributed by atoms with Gasteiger partial charge in [-0.25, -0.2) is 0 Å². The van der Waals surface area contributed by atoms with E-state index in [0.717, 1.165) is 11.1 Å². The van der Waals surface area contributed by atoms with E-state index in [1.54, 1.807) is 24.3 Å². The largest absolute Gasteiger partial charge is 0.457 e. The Labute approximate surface area is 337 Å². The van der Waals surface area contributed by atoms with Crippen LogP contribution in [0.4, 0.5) is 0 Å². The van der Waals surface area contributed by atoms with E-state index in [1.807, 2.05) is 74.5 Å². The van der Waals surface area contributed by atoms with Gasteiger partial charge in [0.05, 0.1) is 11.1 Å². The van der Waals surface area contributed by atoms with E-state index in [9.17, 15) is 19.2 Å². The number of hydrogen-bond acceptors (Lipinski definition) is 6. The highest BCUT2D eigenvalue weighted by molar-refractivity contribution is 6.43. The molecule has 0 aromatic heterocycles. The molecule has 0 N–H and O–H groups in total. The van der Waals surface area contributed by atoms with E-state index >= 15 is 0 Å². The van der Waals surface area contributed by atoms with Gasteiger partial charge in [0.15, 0.2) is 0 Å². The lowest BCUT2D eigenvalue weighted by Gasteiger charge is -2.31. The maximum Gasteiger partial charge on any atom is 0.261 e. The number of amides is 4. The van der Waals surface area contributed by atoms with E-state index < -0.39 is 0 Å². The monoisotopic (exact) mass is 770 g/mol. The van der Waals surface area contributed by atoms with Gasteiger partial charge in [0.25, 0.3) is 23.6 Å². The van der Waals surface area contributed by atoms with Crippen molar-refractivity contribution >= 4 is 66.7 Å². The molecule has 58 heavy (non-hydrogen) atoms. The third-order valence-electron chi connectivity index (χ3n) is 11.7. The standard InChI is InChI=1S/C50H46N2O6/c1-9-23-51-45(53)33-21-19-31-42-38(58-30-17-13-28(14-18-30)50(6,7)8)26-36-40-34(46(54)52(24-10-2)48(36)56)22-20-32(44(40)42)41-37(25-35(47(51)55)39(33)43(31)41)57-29-15-11-27(12-16-29)49(3,4)5/h11-22,25-26H,9-10,23-24H2,1-8H3. The Morgan fingerprint density at radius 1 is 0.431 bits per heavy atom. The first-order chi connectivity index (χ1) is 27.6. The average Bonchev–Trinajstić information content (AvgIpc) is 3.19. The molecule has 0 radical (unpaired) electrons. The lowest BCUT2D eigenvalue weighted by atomic mass is 9.81. The zero-order chi connectivity index (χ0) is 41.0. The summed E-state index contributed by atoms with van der Waals surface area (Å²) in [4.78, 5) is 59.6. The fourth-order valence-corrected chi connectivity index (χ4v) is 8.81. The maximum atomic E-state index is 14.4. The quantitative estimate of drug-likeness (QED) is 0.0868. The van der Waals surface area contributed by atoms with Crippen molar-refractivity contribution in [3.05, 3.63) is 118 Å². The van der Waals surface area contributed by atoms with E-state index in [1.165, 1.54) is 9.80 Å². The molecule has 7 aromatic carbocycles. The van der Waals surface area contributed by atoms with Crippen LogP contribution in [0, 0.1) is 0 Å². The van der Waals surface area contributed by atoms with Gasteiger partial charge in [-0.1, -0.05) is 91.8 Å². The lowest BCUT2D eigenvalue weighted by Crippen LogP contribution is -2.41. The van der Waals surface area contributed by atoms with Crippen LogP contribution in [0.5, 0.6) is 23.0 Å². The van der Waals surface area contributed by atoms with Gasteiger partial charge in [0, 0.05) is 56.5 Å². The molecule has 0 fully saturated rings. The Bertz CT molecular complexity index is 2690. The number of ether oxygens (including phenoxy) is 2. The predicted molar refractivity (Wildman–Crippen MR) is 229 cm³/mol. The molecule has 8 heteroatoms. The van der Waals surface area contributed by atoms with Gasteiger partial charge in [-0.2, -0.15) is 0 Å². The van der Waals surface area contributed by atoms with E-state index in [2.05, 4.69) is 41.5 Å². The van der Waals surface area contributed by atoms with Crippen LogP contribution in [0.15, 0.2) is 84.9 Å². The van der Waals surface area contributed by atoms with Gasteiger partial charge in [-0.05, 0) is 94.1 Å². The third kappa shape index (κ3) is 5.56. The van der Waals surface area contributed by atoms with Crippen molar-refractivity contribution in [2.45, 2.75) is 79.1 Å². The normalized spacial score (nSPS) is 14.6. The van der Waals surface area contributed by atoms with Crippen LogP contribution in [0.2, 0.25) is 0 Å². The minimum atomic E-state index is -0.380. The number of fused-ring (bicyclic) bond motifs is 2. The van der Waals surface area contributed by atoms with Gasteiger partial charge in [-0.15, -0.1) is 0 Å². The fourth-order valence-electron chi connectivity index (χ4n) is 8.81. The molecule has 292 valence electrons. The highest BCUT2D eigenvalue weighted by Gasteiger charge is 2.38. The number of hydrogen-bond donors (Lipinski definition) is 0. The van der Waals surface area contributed by atoms with Crippen LogP contribution in [0.3, 0.4) is 0 Å². The van der Waals surface area contributed by atoms with Crippen molar-refractivity contribution < 1.29 is 28.7 Å². The molecule has 0 saturated heterocycles. The maximum absolute atomic E-state index is 14.4. The molecule has 0 atom stereocenters. The van der Waals surface area contributed by atoms with Gasteiger partial charge in [0.1, 0.15) is 23.0 Å². The highest BCUT2D eigenvalue weighted by Crippen LogP contribution is 2.53. The summed E-state index contributed by atoms with van der Waals surface area (Å²) in [5.41, 5.74) is 3.76. The molecular weight excluding hydrogens is 725 g/mol. The summed E-state index contributed by atoms with van der Waals surface area (Å²) >= 11 is 0. The summed E-state index contributed by atoms with van der Waals surface area (Å²) in [6.07, 6.45) is 1.22. The number of carbonyl (C=O) groups is 4. The van der Waals surface area contributed by atoms with Crippen LogP contribution in [-0.4, -0.2) is 46.5 Å². The molecule has 0 saturated carbocycles. The highest BCUT2D eigenvalue weighted by atomic mass is 16.5. The smallest absolute Gasteiger partial charge is 0.261 e. The first-order valence-corrected chi connectivity index (χ1v) is 20.2. The Morgan fingerprint density at radius 2 is 0.776 bits per heavy atom.